The van der Waals surface area contributed by atoms with Gasteiger partial charge in [-0.15, -0.1) is 0 Å². The fraction of sp³-hybridized carbons (Fsp3) is 0.583. The average Bonchev–Trinajstić information content (AvgIpc) is 2.23. The molecular weight excluding hydrogens is 236 g/mol. The van der Waals surface area contributed by atoms with Gasteiger partial charge in [0.2, 0.25) is 11.8 Å². The lowest BCUT2D eigenvalue weighted by Gasteiger charge is -2.38. The van der Waals surface area contributed by atoms with Crippen molar-refractivity contribution in [3.05, 3.63) is 12.2 Å². The summed E-state index contributed by atoms with van der Waals surface area (Å²) in [4.78, 5) is 24.3. The minimum Gasteiger partial charge on any atom is -0.302 e. The fourth-order valence-electron chi connectivity index (χ4n) is 2.28. The summed E-state index contributed by atoms with van der Waals surface area (Å²) in [5, 5.41) is 5.20. The molecule has 5 heteroatoms. The van der Waals surface area contributed by atoms with Gasteiger partial charge in [0.25, 0.3) is 0 Å². The van der Waals surface area contributed by atoms with E-state index in [1.165, 1.54) is 0 Å². The SMILES string of the molecule is C/C=C\[C@H](C)C1(CCC)C(=O)NC(=S)NC1=O. The highest BCUT2D eigenvalue weighted by Crippen LogP contribution is 2.36. The summed E-state index contributed by atoms with van der Waals surface area (Å²) < 4.78 is 0. The fourth-order valence-corrected chi connectivity index (χ4v) is 2.46. The highest BCUT2D eigenvalue weighted by Gasteiger charge is 2.51. The number of rotatable bonds is 4. The van der Waals surface area contributed by atoms with Crippen molar-refractivity contribution in [2.45, 2.75) is 33.6 Å². The van der Waals surface area contributed by atoms with Crippen molar-refractivity contribution in [2.24, 2.45) is 11.3 Å². The Morgan fingerprint density at radius 2 is 1.88 bits per heavy atom. The van der Waals surface area contributed by atoms with Crippen LogP contribution >= 0.6 is 12.2 Å². The lowest BCUT2D eigenvalue weighted by molar-refractivity contribution is -0.146. The third-order valence-electron chi connectivity index (χ3n) is 3.17. The van der Waals surface area contributed by atoms with E-state index in [1.54, 1.807) is 0 Å². The van der Waals surface area contributed by atoms with E-state index >= 15 is 0 Å². The summed E-state index contributed by atoms with van der Waals surface area (Å²) in [6.07, 6.45) is 5.01. The van der Waals surface area contributed by atoms with Crippen molar-refractivity contribution in [2.75, 3.05) is 0 Å². The molecule has 0 unspecified atom stereocenters. The smallest absolute Gasteiger partial charge is 0.242 e. The van der Waals surface area contributed by atoms with E-state index in [1.807, 2.05) is 32.9 Å². The predicted octanol–water partition coefficient (Wildman–Crippen LogP) is 1.52. The van der Waals surface area contributed by atoms with Crippen LogP contribution in [0.15, 0.2) is 12.2 Å². The van der Waals surface area contributed by atoms with Crippen molar-refractivity contribution in [1.29, 1.82) is 0 Å². The van der Waals surface area contributed by atoms with Crippen LogP contribution in [-0.4, -0.2) is 16.9 Å². The maximum absolute atomic E-state index is 12.1. The first-order valence-corrected chi connectivity index (χ1v) is 6.19. The number of nitrogens with one attached hydrogen (secondary N) is 2. The van der Waals surface area contributed by atoms with Crippen LogP contribution in [0.1, 0.15) is 33.6 Å². The van der Waals surface area contributed by atoms with Crippen molar-refractivity contribution < 1.29 is 9.59 Å². The molecule has 1 aliphatic rings. The van der Waals surface area contributed by atoms with Crippen LogP contribution in [0.2, 0.25) is 0 Å². The third kappa shape index (κ3) is 2.39. The molecule has 94 valence electrons. The van der Waals surface area contributed by atoms with Gasteiger partial charge in [0.15, 0.2) is 5.11 Å². The molecular formula is C12H18N2O2S. The molecule has 2 N–H and O–H groups in total. The first-order chi connectivity index (χ1) is 7.98. The summed E-state index contributed by atoms with van der Waals surface area (Å²) in [5.41, 5.74) is -1.04. The number of hydrogen-bond acceptors (Lipinski definition) is 3. The second-order valence-corrected chi connectivity index (χ2v) is 4.68. The van der Waals surface area contributed by atoms with Crippen LogP contribution in [-0.2, 0) is 9.59 Å². The molecule has 0 aliphatic carbocycles. The zero-order valence-corrected chi connectivity index (χ0v) is 11.2. The minimum atomic E-state index is -1.04. The Labute approximate surface area is 107 Å². The van der Waals surface area contributed by atoms with Crippen LogP contribution in [0.25, 0.3) is 0 Å². The first-order valence-electron chi connectivity index (χ1n) is 5.78. The van der Waals surface area contributed by atoms with Gasteiger partial charge in [-0.25, -0.2) is 0 Å². The van der Waals surface area contributed by atoms with Crippen molar-refractivity contribution in [1.82, 2.24) is 10.6 Å². The second-order valence-electron chi connectivity index (χ2n) is 4.27. The number of hydrogen-bond donors (Lipinski definition) is 2. The largest absolute Gasteiger partial charge is 0.302 e. The minimum absolute atomic E-state index is 0.0967. The Kier molecular flexibility index (Phi) is 4.40. The standard InChI is InChI=1S/C12H18N2O2S/c1-4-6-8(3)12(7-5-2)9(15)13-11(17)14-10(12)16/h4,6,8H,5,7H2,1-3H3,(H2,13,14,15,16,17)/b6-4-/t8-/m0/s1. The topological polar surface area (TPSA) is 58.2 Å². The van der Waals surface area contributed by atoms with Gasteiger partial charge in [0, 0.05) is 0 Å². The molecule has 1 saturated heterocycles. The van der Waals surface area contributed by atoms with E-state index in [4.69, 9.17) is 12.2 Å². The zero-order chi connectivity index (χ0) is 13.1. The molecule has 0 aromatic rings. The maximum atomic E-state index is 12.1. The zero-order valence-electron chi connectivity index (χ0n) is 10.4. The lowest BCUT2D eigenvalue weighted by atomic mass is 9.70. The average molecular weight is 254 g/mol. The van der Waals surface area contributed by atoms with Gasteiger partial charge >= 0.3 is 0 Å². The molecule has 1 atom stereocenters. The van der Waals surface area contributed by atoms with Gasteiger partial charge in [0.05, 0.1) is 0 Å². The molecule has 0 spiro atoms. The third-order valence-corrected chi connectivity index (χ3v) is 3.37. The second kappa shape index (κ2) is 5.40. The van der Waals surface area contributed by atoms with Crippen molar-refractivity contribution >= 4 is 29.1 Å². The van der Waals surface area contributed by atoms with Gasteiger partial charge in [-0.3, -0.25) is 9.59 Å². The van der Waals surface area contributed by atoms with Gasteiger partial charge in [0.1, 0.15) is 5.41 Å². The molecule has 0 bridgehead atoms. The number of thiocarbonyl (C=S) groups is 1. The van der Waals surface area contributed by atoms with Gasteiger partial charge in [-0.1, -0.05) is 32.4 Å². The maximum Gasteiger partial charge on any atom is 0.242 e. The molecule has 1 aliphatic heterocycles. The molecule has 4 nitrogen and oxygen atoms in total. The normalized spacial score (nSPS) is 21.2. The van der Waals surface area contributed by atoms with Gasteiger partial charge < -0.3 is 10.6 Å². The van der Waals surface area contributed by atoms with E-state index in [0.29, 0.717) is 6.42 Å². The number of carbonyl (C=O) groups is 2. The molecule has 0 radical (unpaired) electrons. The Morgan fingerprint density at radius 3 is 2.29 bits per heavy atom. The molecule has 1 heterocycles. The van der Waals surface area contributed by atoms with Crippen LogP contribution < -0.4 is 10.6 Å². The van der Waals surface area contributed by atoms with Crippen LogP contribution in [0, 0.1) is 11.3 Å². The summed E-state index contributed by atoms with van der Waals surface area (Å²) in [6, 6.07) is 0. The van der Waals surface area contributed by atoms with E-state index in [-0.39, 0.29) is 22.8 Å². The van der Waals surface area contributed by atoms with E-state index in [2.05, 4.69) is 10.6 Å². The summed E-state index contributed by atoms with van der Waals surface area (Å²) >= 11 is 4.82. The molecule has 2 amide bonds. The van der Waals surface area contributed by atoms with Crippen LogP contribution in [0.3, 0.4) is 0 Å². The molecule has 0 aromatic heterocycles. The predicted molar refractivity (Wildman–Crippen MR) is 70.2 cm³/mol. The van der Waals surface area contributed by atoms with Gasteiger partial charge in [-0.05, 0) is 31.5 Å². The van der Waals surface area contributed by atoms with E-state index in [0.717, 1.165) is 6.42 Å². The first kappa shape index (κ1) is 13.8. The highest BCUT2D eigenvalue weighted by atomic mass is 32.1. The quantitative estimate of drug-likeness (QED) is 0.454. The highest BCUT2D eigenvalue weighted by molar-refractivity contribution is 7.80. The van der Waals surface area contributed by atoms with Crippen LogP contribution in [0.5, 0.6) is 0 Å². The summed E-state index contributed by atoms with van der Waals surface area (Å²) in [5.74, 6) is -0.743. The number of allylic oxidation sites excluding steroid dienone is 2. The monoisotopic (exact) mass is 254 g/mol. The number of carbonyl (C=O) groups excluding carboxylic acids is 2. The van der Waals surface area contributed by atoms with Crippen molar-refractivity contribution in [3.63, 3.8) is 0 Å². The summed E-state index contributed by atoms with van der Waals surface area (Å²) in [7, 11) is 0. The van der Waals surface area contributed by atoms with Gasteiger partial charge in [-0.2, -0.15) is 0 Å². The number of amides is 2. The molecule has 1 fully saturated rings. The van der Waals surface area contributed by atoms with E-state index in [9.17, 15) is 9.59 Å². The Bertz CT molecular complexity index is 357. The molecule has 1 rings (SSSR count). The molecule has 17 heavy (non-hydrogen) atoms. The Hall–Kier alpha value is -1.23. The Morgan fingerprint density at radius 1 is 1.35 bits per heavy atom. The van der Waals surface area contributed by atoms with E-state index < -0.39 is 5.41 Å². The molecule has 0 saturated carbocycles. The molecule has 0 aromatic carbocycles. The lowest BCUT2D eigenvalue weighted by Crippen LogP contribution is -2.64. The summed E-state index contributed by atoms with van der Waals surface area (Å²) in [6.45, 7) is 5.71. The van der Waals surface area contributed by atoms with Crippen LogP contribution in [0.4, 0.5) is 0 Å². The Balaban J connectivity index is 3.16. The van der Waals surface area contributed by atoms with Crippen molar-refractivity contribution in [3.8, 4) is 0 Å².